The molecule has 1 fully saturated rings. The molecule has 1 aliphatic heterocycles. The van der Waals surface area contributed by atoms with E-state index in [1.165, 1.54) is 5.56 Å². The molecule has 4 nitrogen and oxygen atoms in total. The van der Waals surface area contributed by atoms with Crippen molar-refractivity contribution in [3.8, 4) is 0 Å². The van der Waals surface area contributed by atoms with Crippen LogP contribution >= 0.6 is 0 Å². The van der Waals surface area contributed by atoms with E-state index in [2.05, 4.69) is 30.0 Å². The number of hydrogen-bond acceptors (Lipinski definition) is 3. The summed E-state index contributed by atoms with van der Waals surface area (Å²) in [6, 6.07) is 0.339. The van der Waals surface area contributed by atoms with Crippen molar-refractivity contribution in [2.24, 2.45) is 11.7 Å². The largest absolute Gasteiger partial charge is 0.326 e. The molecular weight excluding hydrogens is 188 g/mol. The van der Waals surface area contributed by atoms with E-state index in [1.54, 1.807) is 0 Å². The molecule has 0 spiro atoms. The summed E-state index contributed by atoms with van der Waals surface area (Å²) in [4.78, 5) is 2.41. The van der Waals surface area contributed by atoms with Gasteiger partial charge < -0.3 is 5.73 Å². The van der Waals surface area contributed by atoms with E-state index in [1.807, 2.05) is 10.9 Å². The minimum atomic E-state index is 0.339. The highest BCUT2D eigenvalue weighted by Crippen LogP contribution is 2.16. The van der Waals surface area contributed by atoms with Crippen molar-refractivity contribution >= 4 is 0 Å². The minimum Gasteiger partial charge on any atom is -0.326 e. The number of rotatable bonds is 3. The lowest BCUT2D eigenvalue weighted by Gasteiger charge is -2.13. The molecule has 2 rings (SSSR count). The van der Waals surface area contributed by atoms with Crippen LogP contribution in [0.4, 0.5) is 0 Å². The van der Waals surface area contributed by atoms with Gasteiger partial charge in [-0.3, -0.25) is 9.58 Å². The van der Waals surface area contributed by atoms with E-state index in [4.69, 9.17) is 5.73 Å². The number of aryl methyl sites for hydroxylation is 1. The van der Waals surface area contributed by atoms with Gasteiger partial charge >= 0.3 is 0 Å². The van der Waals surface area contributed by atoms with Gasteiger partial charge in [-0.2, -0.15) is 5.10 Å². The lowest BCUT2D eigenvalue weighted by Crippen LogP contribution is -2.28. The molecule has 0 bridgehead atoms. The minimum absolute atomic E-state index is 0.339. The third-order valence-corrected chi connectivity index (χ3v) is 3.16. The number of nitrogens with zero attached hydrogens (tertiary/aromatic N) is 3. The summed E-state index contributed by atoms with van der Waals surface area (Å²) < 4.78 is 1.97. The summed E-state index contributed by atoms with van der Waals surface area (Å²) in [7, 11) is 0. The molecular formula is C11H20N4. The second kappa shape index (κ2) is 4.33. The average molecular weight is 208 g/mol. The van der Waals surface area contributed by atoms with Crippen molar-refractivity contribution in [1.29, 1.82) is 0 Å². The van der Waals surface area contributed by atoms with Crippen molar-refractivity contribution in [3.05, 3.63) is 18.0 Å². The Kier molecular flexibility index (Phi) is 3.07. The van der Waals surface area contributed by atoms with Gasteiger partial charge in [0, 0.05) is 44.0 Å². The maximum absolute atomic E-state index is 5.99. The Morgan fingerprint density at radius 2 is 2.33 bits per heavy atom. The standard InChI is InChI=1S/C11H20N4/c1-3-15-7-10(4-13-15)6-14-5-9(2)11(12)8-14/h4,7,9,11H,3,5-6,8,12H2,1-2H3. The van der Waals surface area contributed by atoms with E-state index in [9.17, 15) is 0 Å². The van der Waals surface area contributed by atoms with Crippen molar-refractivity contribution in [1.82, 2.24) is 14.7 Å². The van der Waals surface area contributed by atoms with Crippen molar-refractivity contribution in [2.45, 2.75) is 33.0 Å². The second-order valence-electron chi connectivity index (χ2n) is 4.54. The van der Waals surface area contributed by atoms with Gasteiger partial charge in [-0.05, 0) is 12.8 Å². The van der Waals surface area contributed by atoms with Gasteiger partial charge in [-0.25, -0.2) is 0 Å². The van der Waals surface area contributed by atoms with Gasteiger partial charge in [-0.1, -0.05) is 6.92 Å². The van der Waals surface area contributed by atoms with Gasteiger partial charge in [0.05, 0.1) is 6.20 Å². The maximum atomic E-state index is 5.99. The lowest BCUT2D eigenvalue weighted by atomic mass is 10.1. The Balaban J connectivity index is 1.92. The first kappa shape index (κ1) is 10.6. The normalized spacial score (nSPS) is 27.4. The molecule has 15 heavy (non-hydrogen) atoms. The van der Waals surface area contributed by atoms with Gasteiger partial charge in [0.1, 0.15) is 0 Å². The molecule has 2 N–H and O–H groups in total. The van der Waals surface area contributed by atoms with Crippen molar-refractivity contribution in [3.63, 3.8) is 0 Å². The molecule has 2 unspecified atom stereocenters. The zero-order valence-corrected chi connectivity index (χ0v) is 9.56. The lowest BCUT2D eigenvalue weighted by molar-refractivity contribution is 0.319. The van der Waals surface area contributed by atoms with Crippen LogP contribution in [0.25, 0.3) is 0 Å². The van der Waals surface area contributed by atoms with Gasteiger partial charge in [0.25, 0.3) is 0 Å². The highest BCUT2D eigenvalue weighted by atomic mass is 15.3. The summed E-state index contributed by atoms with van der Waals surface area (Å²) in [6.45, 7) is 8.37. The van der Waals surface area contributed by atoms with E-state index in [-0.39, 0.29) is 0 Å². The third kappa shape index (κ3) is 2.38. The highest BCUT2D eigenvalue weighted by molar-refractivity contribution is 5.04. The number of likely N-dealkylation sites (tertiary alicyclic amines) is 1. The molecule has 1 aromatic rings. The molecule has 1 aromatic heterocycles. The monoisotopic (exact) mass is 208 g/mol. The Bertz CT molecular complexity index is 310. The first-order valence-corrected chi connectivity index (χ1v) is 5.68. The fourth-order valence-electron chi connectivity index (χ4n) is 2.14. The van der Waals surface area contributed by atoms with E-state index >= 15 is 0 Å². The first-order valence-electron chi connectivity index (χ1n) is 5.68. The summed E-state index contributed by atoms with van der Waals surface area (Å²) in [5, 5.41) is 4.27. The predicted octanol–water partition coefficient (Wildman–Crippen LogP) is 0.682. The average Bonchev–Trinajstić information content (AvgIpc) is 2.76. The zero-order valence-electron chi connectivity index (χ0n) is 9.56. The molecule has 0 aliphatic carbocycles. The van der Waals surface area contributed by atoms with E-state index < -0.39 is 0 Å². The highest BCUT2D eigenvalue weighted by Gasteiger charge is 2.26. The maximum Gasteiger partial charge on any atom is 0.0534 e. The molecule has 84 valence electrons. The number of aromatic nitrogens is 2. The van der Waals surface area contributed by atoms with Gasteiger partial charge in [0.15, 0.2) is 0 Å². The Hall–Kier alpha value is -0.870. The summed E-state index contributed by atoms with van der Waals surface area (Å²) in [5.41, 5.74) is 7.28. The van der Waals surface area contributed by atoms with Crippen LogP contribution in [0.2, 0.25) is 0 Å². The Morgan fingerprint density at radius 3 is 2.87 bits per heavy atom. The molecule has 2 heterocycles. The third-order valence-electron chi connectivity index (χ3n) is 3.16. The number of nitrogens with two attached hydrogens (primary N) is 1. The zero-order chi connectivity index (χ0) is 10.8. The van der Waals surface area contributed by atoms with Crippen LogP contribution in [-0.2, 0) is 13.1 Å². The van der Waals surface area contributed by atoms with Crippen LogP contribution in [0.3, 0.4) is 0 Å². The van der Waals surface area contributed by atoms with E-state index in [0.717, 1.165) is 26.2 Å². The van der Waals surface area contributed by atoms with Crippen LogP contribution in [0, 0.1) is 5.92 Å². The second-order valence-corrected chi connectivity index (χ2v) is 4.54. The topological polar surface area (TPSA) is 47.1 Å². The van der Waals surface area contributed by atoms with Crippen LogP contribution in [0.1, 0.15) is 19.4 Å². The van der Waals surface area contributed by atoms with Crippen LogP contribution in [0.15, 0.2) is 12.4 Å². The van der Waals surface area contributed by atoms with E-state index in [0.29, 0.717) is 12.0 Å². The fourth-order valence-corrected chi connectivity index (χ4v) is 2.14. The first-order chi connectivity index (χ1) is 7.19. The van der Waals surface area contributed by atoms with Crippen LogP contribution < -0.4 is 5.73 Å². The van der Waals surface area contributed by atoms with Gasteiger partial charge in [0.2, 0.25) is 0 Å². The smallest absolute Gasteiger partial charge is 0.0534 e. The summed E-state index contributed by atoms with van der Waals surface area (Å²) >= 11 is 0. The molecule has 0 aromatic carbocycles. The molecule has 4 heteroatoms. The summed E-state index contributed by atoms with van der Waals surface area (Å²) in [6.07, 6.45) is 4.08. The molecule has 0 amide bonds. The number of hydrogen-bond donors (Lipinski definition) is 1. The van der Waals surface area contributed by atoms with Crippen molar-refractivity contribution < 1.29 is 0 Å². The van der Waals surface area contributed by atoms with Crippen LogP contribution in [0.5, 0.6) is 0 Å². The molecule has 1 aliphatic rings. The fraction of sp³-hybridized carbons (Fsp3) is 0.727. The van der Waals surface area contributed by atoms with Gasteiger partial charge in [-0.15, -0.1) is 0 Å². The predicted molar refractivity (Wildman–Crippen MR) is 60.3 cm³/mol. The Labute approximate surface area is 91.1 Å². The molecule has 1 saturated heterocycles. The quantitative estimate of drug-likeness (QED) is 0.794. The van der Waals surface area contributed by atoms with Crippen molar-refractivity contribution in [2.75, 3.05) is 13.1 Å². The molecule has 2 atom stereocenters. The Morgan fingerprint density at radius 1 is 1.53 bits per heavy atom. The SMILES string of the molecule is CCn1cc(CN2CC(C)C(N)C2)cn1. The molecule has 0 radical (unpaired) electrons. The molecule has 0 saturated carbocycles. The summed E-state index contributed by atoms with van der Waals surface area (Å²) in [5.74, 6) is 0.617. The van der Waals surface area contributed by atoms with Crippen LogP contribution in [-0.4, -0.2) is 33.8 Å².